The number of nitrogens with one attached hydrogen (secondary N) is 2. The Labute approximate surface area is 190 Å². The molecule has 0 bridgehead atoms. The molecular formula is C22H31IN4O2. The fourth-order valence-corrected chi connectivity index (χ4v) is 2.70. The highest BCUT2D eigenvalue weighted by Crippen LogP contribution is 2.08. The number of carbonyl (C=O) groups excluding carboxylic acids is 1. The Balaban J connectivity index is 0.00000420. The second-order valence-electron chi connectivity index (χ2n) is 6.35. The molecule has 0 unspecified atom stereocenters. The first-order valence-corrected chi connectivity index (χ1v) is 9.62. The molecule has 0 aliphatic heterocycles. The van der Waals surface area contributed by atoms with Crippen molar-refractivity contribution in [2.24, 2.45) is 4.99 Å². The topological polar surface area (TPSA) is 66.0 Å². The average Bonchev–Trinajstić information content (AvgIpc) is 2.73. The first-order valence-electron chi connectivity index (χ1n) is 9.62. The van der Waals surface area contributed by atoms with E-state index >= 15 is 0 Å². The van der Waals surface area contributed by atoms with Crippen LogP contribution in [0.1, 0.15) is 22.8 Å². The summed E-state index contributed by atoms with van der Waals surface area (Å²) in [5.74, 6) is 1.65. The molecule has 0 heterocycles. The van der Waals surface area contributed by atoms with E-state index in [-0.39, 0.29) is 29.9 Å². The van der Waals surface area contributed by atoms with Gasteiger partial charge in [0, 0.05) is 32.7 Å². The summed E-state index contributed by atoms with van der Waals surface area (Å²) in [5, 5.41) is 5.96. The molecule has 29 heavy (non-hydrogen) atoms. The van der Waals surface area contributed by atoms with Crippen molar-refractivity contribution in [3.05, 3.63) is 65.7 Å². The molecule has 0 aromatic heterocycles. The summed E-state index contributed by atoms with van der Waals surface area (Å²) >= 11 is 0. The van der Waals surface area contributed by atoms with Crippen LogP contribution in [0, 0.1) is 0 Å². The number of likely N-dealkylation sites (N-methyl/N-ethyl adjacent to an activating group) is 1. The first-order chi connectivity index (χ1) is 13.6. The second-order valence-corrected chi connectivity index (χ2v) is 6.35. The number of carbonyl (C=O) groups is 1. The SMILES string of the molecule is CCNC(=NCCc1cccc(C(=O)NC)c1)N(C)CCOc1ccccc1.I. The van der Waals surface area contributed by atoms with E-state index in [9.17, 15) is 4.79 Å². The Morgan fingerprint density at radius 2 is 1.90 bits per heavy atom. The van der Waals surface area contributed by atoms with Gasteiger partial charge in [-0.2, -0.15) is 0 Å². The van der Waals surface area contributed by atoms with Crippen LogP contribution in [-0.4, -0.2) is 57.1 Å². The van der Waals surface area contributed by atoms with E-state index in [4.69, 9.17) is 9.73 Å². The molecule has 7 heteroatoms. The Morgan fingerprint density at radius 3 is 2.59 bits per heavy atom. The maximum atomic E-state index is 11.8. The minimum atomic E-state index is -0.0724. The smallest absolute Gasteiger partial charge is 0.251 e. The molecule has 0 aliphatic rings. The summed E-state index contributed by atoms with van der Waals surface area (Å²) in [6.07, 6.45) is 0.772. The summed E-state index contributed by atoms with van der Waals surface area (Å²) in [6.45, 7) is 4.81. The van der Waals surface area contributed by atoms with Crippen molar-refractivity contribution in [2.75, 3.05) is 40.3 Å². The number of hydrogen-bond acceptors (Lipinski definition) is 3. The third-order valence-electron chi connectivity index (χ3n) is 4.21. The molecule has 0 aliphatic carbocycles. The molecule has 2 rings (SSSR count). The van der Waals surface area contributed by atoms with E-state index in [0.717, 1.165) is 36.8 Å². The van der Waals surface area contributed by atoms with Crippen LogP contribution < -0.4 is 15.4 Å². The fraction of sp³-hybridized carbons (Fsp3) is 0.364. The molecule has 0 spiro atoms. The van der Waals surface area contributed by atoms with Gasteiger partial charge in [-0.3, -0.25) is 9.79 Å². The molecule has 2 N–H and O–H groups in total. The number of para-hydroxylation sites is 1. The zero-order valence-corrected chi connectivity index (χ0v) is 19.7. The Bertz CT molecular complexity index is 768. The number of benzene rings is 2. The molecule has 0 fully saturated rings. The molecule has 0 radical (unpaired) electrons. The van der Waals surface area contributed by atoms with Crippen molar-refractivity contribution in [1.29, 1.82) is 0 Å². The Morgan fingerprint density at radius 1 is 1.14 bits per heavy atom. The minimum absolute atomic E-state index is 0. The van der Waals surface area contributed by atoms with Crippen LogP contribution in [0.5, 0.6) is 5.75 Å². The molecule has 2 aromatic rings. The lowest BCUT2D eigenvalue weighted by Gasteiger charge is -2.22. The zero-order chi connectivity index (χ0) is 20.2. The van der Waals surface area contributed by atoms with Gasteiger partial charge in [0.15, 0.2) is 5.96 Å². The molecule has 6 nitrogen and oxygen atoms in total. The van der Waals surface area contributed by atoms with E-state index < -0.39 is 0 Å². The van der Waals surface area contributed by atoms with Crippen LogP contribution in [0.15, 0.2) is 59.6 Å². The van der Waals surface area contributed by atoms with Crippen LogP contribution >= 0.6 is 24.0 Å². The third kappa shape index (κ3) is 8.72. The number of nitrogens with zero attached hydrogens (tertiary/aromatic N) is 2. The van der Waals surface area contributed by atoms with E-state index in [1.807, 2.05) is 61.6 Å². The van der Waals surface area contributed by atoms with Crippen molar-refractivity contribution >= 4 is 35.8 Å². The fourth-order valence-electron chi connectivity index (χ4n) is 2.70. The Hall–Kier alpha value is -2.29. The van der Waals surface area contributed by atoms with Crippen LogP contribution in [-0.2, 0) is 6.42 Å². The van der Waals surface area contributed by atoms with Crippen molar-refractivity contribution in [2.45, 2.75) is 13.3 Å². The zero-order valence-electron chi connectivity index (χ0n) is 17.4. The highest BCUT2D eigenvalue weighted by atomic mass is 127. The van der Waals surface area contributed by atoms with Gasteiger partial charge in [-0.05, 0) is 43.2 Å². The van der Waals surface area contributed by atoms with Gasteiger partial charge in [0.2, 0.25) is 0 Å². The minimum Gasteiger partial charge on any atom is -0.492 e. The van der Waals surface area contributed by atoms with Crippen LogP contribution in [0.4, 0.5) is 0 Å². The van der Waals surface area contributed by atoms with Gasteiger partial charge in [0.25, 0.3) is 5.91 Å². The molecular weight excluding hydrogens is 479 g/mol. The average molecular weight is 510 g/mol. The van der Waals surface area contributed by atoms with Crippen molar-refractivity contribution < 1.29 is 9.53 Å². The number of rotatable bonds is 9. The first kappa shape index (κ1) is 24.7. The van der Waals surface area contributed by atoms with Gasteiger partial charge in [0.05, 0.1) is 6.54 Å². The summed E-state index contributed by atoms with van der Waals surface area (Å²) in [5.41, 5.74) is 1.77. The van der Waals surface area contributed by atoms with E-state index in [1.54, 1.807) is 7.05 Å². The maximum absolute atomic E-state index is 11.8. The van der Waals surface area contributed by atoms with E-state index in [2.05, 4.69) is 22.5 Å². The monoisotopic (exact) mass is 510 g/mol. The lowest BCUT2D eigenvalue weighted by Crippen LogP contribution is -2.41. The number of hydrogen-bond donors (Lipinski definition) is 2. The molecule has 0 atom stereocenters. The van der Waals surface area contributed by atoms with Gasteiger partial charge < -0.3 is 20.3 Å². The van der Waals surface area contributed by atoms with E-state index in [0.29, 0.717) is 18.7 Å². The summed E-state index contributed by atoms with van der Waals surface area (Å²) in [7, 11) is 3.64. The van der Waals surface area contributed by atoms with Gasteiger partial charge in [0.1, 0.15) is 12.4 Å². The Kier molecular flexibility index (Phi) is 11.8. The third-order valence-corrected chi connectivity index (χ3v) is 4.21. The normalized spacial score (nSPS) is 10.7. The molecule has 2 aromatic carbocycles. The standard InChI is InChI=1S/C22H30N4O2.HI/c1-4-24-22(26(3)15-16-28-20-11-6-5-7-12-20)25-14-13-18-9-8-10-19(17-18)21(27)23-2;/h5-12,17H,4,13-16H2,1-3H3,(H,23,27)(H,24,25);1H. The van der Waals surface area contributed by atoms with Crippen LogP contribution in [0.3, 0.4) is 0 Å². The predicted molar refractivity (Wildman–Crippen MR) is 129 cm³/mol. The maximum Gasteiger partial charge on any atom is 0.251 e. The summed E-state index contributed by atoms with van der Waals surface area (Å²) in [4.78, 5) is 18.5. The van der Waals surface area contributed by atoms with Crippen LogP contribution in [0.2, 0.25) is 0 Å². The molecule has 1 amide bonds. The number of halogens is 1. The highest BCUT2D eigenvalue weighted by molar-refractivity contribution is 14.0. The van der Waals surface area contributed by atoms with Gasteiger partial charge in [-0.1, -0.05) is 30.3 Å². The largest absolute Gasteiger partial charge is 0.492 e. The lowest BCUT2D eigenvalue weighted by molar-refractivity contribution is 0.0963. The number of guanidine groups is 1. The lowest BCUT2D eigenvalue weighted by atomic mass is 10.1. The van der Waals surface area contributed by atoms with Crippen molar-refractivity contribution in [3.8, 4) is 5.75 Å². The van der Waals surface area contributed by atoms with Crippen molar-refractivity contribution in [3.63, 3.8) is 0 Å². The van der Waals surface area contributed by atoms with Gasteiger partial charge in [-0.25, -0.2) is 0 Å². The molecule has 0 saturated heterocycles. The predicted octanol–water partition coefficient (Wildman–Crippen LogP) is 3.18. The summed E-state index contributed by atoms with van der Waals surface area (Å²) in [6, 6.07) is 17.5. The number of aliphatic imine (C=N–C) groups is 1. The molecule has 0 saturated carbocycles. The van der Waals surface area contributed by atoms with Crippen LogP contribution in [0.25, 0.3) is 0 Å². The van der Waals surface area contributed by atoms with Gasteiger partial charge in [-0.15, -0.1) is 24.0 Å². The second kappa shape index (κ2) is 13.8. The highest BCUT2D eigenvalue weighted by Gasteiger charge is 2.07. The van der Waals surface area contributed by atoms with E-state index in [1.165, 1.54) is 0 Å². The van der Waals surface area contributed by atoms with Gasteiger partial charge >= 0.3 is 0 Å². The number of ether oxygens (including phenoxy) is 1. The quantitative estimate of drug-likeness (QED) is 0.309. The molecule has 158 valence electrons. The van der Waals surface area contributed by atoms with Crippen molar-refractivity contribution in [1.82, 2.24) is 15.5 Å². The summed E-state index contributed by atoms with van der Waals surface area (Å²) < 4.78 is 5.76. The number of amides is 1.